The van der Waals surface area contributed by atoms with E-state index in [4.69, 9.17) is 0 Å². The molecule has 0 amide bonds. The van der Waals surface area contributed by atoms with E-state index in [-0.39, 0.29) is 5.78 Å². The zero-order chi connectivity index (χ0) is 9.14. The van der Waals surface area contributed by atoms with Gasteiger partial charge in [-0.1, -0.05) is 31.9 Å². The van der Waals surface area contributed by atoms with Crippen LogP contribution in [0.2, 0.25) is 0 Å². The monoisotopic (exact) mass is 290 g/mol. The van der Waals surface area contributed by atoms with Gasteiger partial charge >= 0.3 is 0 Å². The summed E-state index contributed by atoms with van der Waals surface area (Å²) in [5.74, 6) is 0.181. The quantitative estimate of drug-likeness (QED) is 0.817. The van der Waals surface area contributed by atoms with Crippen LogP contribution in [0.4, 0.5) is 0 Å². The molecule has 0 aliphatic heterocycles. The molecule has 0 aromatic heterocycles. The van der Waals surface area contributed by atoms with Crippen LogP contribution in [0.25, 0.3) is 0 Å². The van der Waals surface area contributed by atoms with Crippen molar-refractivity contribution in [1.29, 1.82) is 0 Å². The van der Waals surface area contributed by atoms with E-state index in [1.807, 2.05) is 18.2 Å². The van der Waals surface area contributed by atoms with Gasteiger partial charge in [0.15, 0.2) is 0 Å². The molecule has 1 rings (SSSR count). The Morgan fingerprint density at radius 2 is 1.75 bits per heavy atom. The lowest BCUT2D eigenvalue weighted by atomic mass is 10.1. The maximum atomic E-state index is 10.8. The van der Waals surface area contributed by atoms with Crippen LogP contribution in [0.3, 0.4) is 0 Å². The van der Waals surface area contributed by atoms with Gasteiger partial charge in [-0.2, -0.15) is 0 Å². The molecule has 12 heavy (non-hydrogen) atoms. The largest absolute Gasteiger partial charge is 0.300 e. The fourth-order valence-electron chi connectivity index (χ4n) is 1.00. The van der Waals surface area contributed by atoms with Crippen LogP contribution in [0.15, 0.2) is 27.1 Å². The molecule has 0 unspecified atom stereocenters. The van der Waals surface area contributed by atoms with Gasteiger partial charge in [-0.25, -0.2) is 0 Å². The number of ketones is 1. The molecule has 0 N–H and O–H groups in total. The summed E-state index contributed by atoms with van der Waals surface area (Å²) in [6.45, 7) is 1.59. The normalized spacial score (nSPS) is 9.92. The predicted octanol–water partition coefficient (Wildman–Crippen LogP) is 3.34. The first kappa shape index (κ1) is 9.93. The topological polar surface area (TPSA) is 17.1 Å². The fraction of sp³-hybridized carbons (Fsp3) is 0.222. The predicted molar refractivity (Wildman–Crippen MR) is 56.2 cm³/mol. The van der Waals surface area contributed by atoms with Crippen molar-refractivity contribution >= 4 is 37.6 Å². The Labute approximate surface area is 88.4 Å². The Morgan fingerprint density at radius 1 is 1.25 bits per heavy atom. The maximum absolute atomic E-state index is 10.8. The Bertz CT molecular complexity index is 287. The molecule has 3 heteroatoms. The van der Waals surface area contributed by atoms with Crippen LogP contribution in [0.1, 0.15) is 12.5 Å². The van der Waals surface area contributed by atoms with Crippen molar-refractivity contribution in [1.82, 2.24) is 0 Å². The van der Waals surface area contributed by atoms with Crippen LogP contribution in [0, 0.1) is 0 Å². The summed E-state index contributed by atoms with van der Waals surface area (Å²) in [7, 11) is 0. The van der Waals surface area contributed by atoms with E-state index < -0.39 is 0 Å². The van der Waals surface area contributed by atoms with Crippen LogP contribution in [-0.2, 0) is 11.2 Å². The second-order valence-corrected chi connectivity index (χ2v) is 4.49. The summed E-state index contributed by atoms with van der Waals surface area (Å²) in [5.41, 5.74) is 1.03. The highest BCUT2D eigenvalue weighted by atomic mass is 79.9. The first-order valence-electron chi connectivity index (χ1n) is 3.52. The minimum Gasteiger partial charge on any atom is -0.300 e. The van der Waals surface area contributed by atoms with E-state index in [0.29, 0.717) is 6.42 Å². The van der Waals surface area contributed by atoms with Crippen molar-refractivity contribution in [2.24, 2.45) is 0 Å². The van der Waals surface area contributed by atoms with Crippen LogP contribution >= 0.6 is 31.9 Å². The first-order valence-corrected chi connectivity index (χ1v) is 5.11. The molecule has 0 saturated carbocycles. The van der Waals surface area contributed by atoms with Crippen molar-refractivity contribution in [3.8, 4) is 0 Å². The summed E-state index contributed by atoms with van der Waals surface area (Å²) in [6.07, 6.45) is 0.498. The van der Waals surface area contributed by atoms with Crippen LogP contribution < -0.4 is 0 Å². The zero-order valence-electron chi connectivity index (χ0n) is 6.60. The van der Waals surface area contributed by atoms with E-state index in [9.17, 15) is 4.79 Å². The summed E-state index contributed by atoms with van der Waals surface area (Å²) in [5, 5.41) is 0. The molecule has 0 fully saturated rings. The number of rotatable bonds is 2. The number of hydrogen-bond donors (Lipinski definition) is 0. The molecule has 0 saturated heterocycles. The molecule has 1 aromatic rings. The highest BCUT2D eigenvalue weighted by molar-refractivity contribution is 9.11. The molecule has 0 heterocycles. The average molecular weight is 292 g/mol. The second kappa shape index (κ2) is 4.19. The fourth-order valence-corrected chi connectivity index (χ4v) is 2.39. The molecular weight excluding hydrogens is 284 g/mol. The van der Waals surface area contributed by atoms with E-state index in [0.717, 1.165) is 14.5 Å². The number of hydrogen-bond acceptors (Lipinski definition) is 1. The summed E-state index contributed by atoms with van der Waals surface area (Å²) in [6, 6.07) is 5.85. The van der Waals surface area contributed by atoms with Gasteiger partial charge in [0.05, 0.1) is 0 Å². The lowest BCUT2D eigenvalue weighted by molar-refractivity contribution is -0.116. The van der Waals surface area contributed by atoms with Gasteiger partial charge in [0.25, 0.3) is 0 Å². The van der Waals surface area contributed by atoms with Crippen LogP contribution in [-0.4, -0.2) is 5.78 Å². The standard InChI is InChI=1S/C9H8Br2O/c1-6(12)2-7-3-8(10)5-9(11)4-7/h3-5H,2H2,1H3. The molecule has 64 valence electrons. The molecular formula is C9H8Br2O. The SMILES string of the molecule is CC(=O)Cc1cc(Br)cc(Br)c1. The minimum atomic E-state index is 0.181. The number of carbonyl (C=O) groups is 1. The molecule has 1 aromatic carbocycles. The molecule has 0 aliphatic rings. The molecule has 0 aliphatic carbocycles. The minimum absolute atomic E-state index is 0.181. The first-order chi connectivity index (χ1) is 5.58. The van der Waals surface area contributed by atoms with Crippen molar-refractivity contribution in [3.05, 3.63) is 32.7 Å². The summed E-state index contributed by atoms with van der Waals surface area (Å²) < 4.78 is 1.99. The Balaban J connectivity index is 2.93. The third-order valence-electron chi connectivity index (χ3n) is 1.38. The van der Waals surface area contributed by atoms with Crippen molar-refractivity contribution in [3.63, 3.8) is 0 Å². The average Bonchev–Trinajstić information content (AvgIpc) is 1.81. The van der Waals surface area contributed by atoms with Gasteiger partial charge in [0.2, 0.25) is 0 Å². The van der Waals surface area contributed by atoms with Gasteiger partial charge in [0, 0.05) is 15.4 Å². The smallest absolute Gasteiger partial charge is 0.134 e. The molecule has 1 nitrogen and oxygen atoms in total. The van der Waals surface area contributed by atoms with Crippen molar-refractivity contribution in [2.75, 3.05) is 0 Å². The molecule has 0 bridgehead atoms. The molecule has 0 radical (unpaired) electrons. The van der Waals surface area contributed by atoms with E-state index in [1.54, 1.807) is 6.92 Å². The van der Waals surface area contributed by atoms with Gasteiger partial charge in [-0.15, -0.1) is 0 Å². The maximum Gasteiger partial charge on any atom is 0.134 e. The zero-order valence-corrected chi connectivity index (χ0v) is 9.78. The van der Waals surface area contributed by atoms with Crippen LogP contribution in [0.5, 0.6) is 0 Å². The number of benzene rings is 1. The Hall–Kier alpha value is -0.150. The number of halogens is 2. The number of carbonyl (C=O) groups excluding carboxylic acids is 1. The van der Waals surface area contributed by atoms with Gasteiger partial charge < -0.3 is 0 Å². The lowest BCUT2D eigenvalue weighted by Crippen LogP contribution is -1.95. The van der Waals surface area contributed by atoms with Gasteiger partial charge in [0.1, 0.15) is 5.78 Å². The van der Waals surface area contributed by atoms with Crippen molar-refractivity contribution < 1.29 is 4.79 Å². The third kappa shape index (κ3) is 3.07. The Morgan fingerprint density at radius 3 is 2.17 bits per heavy atom. The lowest BCUT2D eigenvalue weighted by Gasteiger charge is -1.99. The third-order valence-corrected chi connectivity index (χ3v) is 2.29. The van der Waals surface area contributed by atoms with E-state index in [2.05, 4.69) is 31.9 Å². The van der Waals surface area contributed by atoms with Gasteiger partial charge in [-0.05, 0) is 30.7 Å². The van der Waals surface area contributed by atoms with E-state index in [1.165, 1.54) is 0 Å². The summed E-state index contributed by atoms with van der Waals surface area (Å²) in [4.78, 5) is 10.8. The van der Waals surface area contributed by atoms with E-state index >= 15 is 0 Å². The second-order valence-electron chi connectivity index (χ2n) is 2.66. The van der Waals surface area contributed by atoms with Crippen molar-refractivity contribution in [2.45, 2.75) is 13.3 Å². The molecule has 0 atom stereocenters. The summed E-state index contributed by atoms with van der Waals surface area (Å²) >= 11 is 6.72. The Kier molecular flexibility index (Phi) is 3.47. The highest BCUT2D eigenvalue weighted by Gasteiger charge is 1.99. The molecule has 0 spiro atoms. The van der Waals surface area contributed by atoms with Gasteiger partial charge in [-0.3, -0.25) is 4.79 Å². The number of Topliss-reactive ketones (excluding diaryl/α,β-unsaturated/α-hetero) is 1. The highest BCUT2D eigenvalue weighted by Crippen LogP contribution is 2.20.